The van der Waals surface area contributed by atoms with E-state index in [4.69, 9.17) is 4.74 Å². The molecule has 1 heterocycles. The molecule has 90 valence electrons. The van der Waals surface area contributed by atoms with E-state index < -0.39 is 0 Å². The smallest absolute Gasteiger partial charge is 0.125 e. The van der Waals surface area contributed by atoms with Crippen molar-refractivity contribution in [3.8, 4) is 11.5 Å². The minimum Gasteiger partial charge on any atom is -0.508 e. The lowest BCUT2D eigenvalue weighted by molar-refractivity contribution is 0.318. The summed E-state index contributed by atoms with van der Waals surface area (Å²) in [4.78, 5) is 5.45. The normalized spacial score (nSPS) is 10.5. The Morgan fingerprint density at radius 3 is 2.88 bits per heavy atom. The largest absolute Gasteiger partial charge is 0.508 e. The van der Waals surface area contributed by atoms with Crippen LogP contribution in [0.5, 0.6) is 11.5 Å². The van der Waals surface area contributed by atoms with E-state index in [1.54, 1.807) is 23.5 Å². The Kier molecular flexibility index (Phi) is 3.64. The Hall–Kier alpha value is -1.55. The van der Waals surface area contributed by atoms with Gasteiger partial charge in [0.2, 0.25) is 0 Å². The van der Waals surface area contributed by atoms with Crippen molar-refractivity contribution in [2.75, 3.05) is 6.61 Å². The number of aryl methyl sites for hydroxylation is 1. The fourth-order valence-corrected chi connectivity index (χ4v) is 2.34. The fourth-order valence-electron chi connectivity index (χ4n) is 1.58. The van der Waals surface area contributed by atoms with Crippen molar-refractivity contribution < 1.29 is 9.84 Å². The van der Waals surface area contributed by atoms with Gasteiger partial charge in [0, 0.05) is 16.9 Å². The van der Waals surface area contributed by atoms with Crippen LogP contribution in [0.25, 0.3) is 0 Å². The van der Waals surface area contributed by atoms with Crippen LogP contribution in [0.2, 0.25) is 0 Å². The summed E-state index contributed by atoms with van der Waals surface area (Å²) in [6, 6.07) is 5.32. The van der Waals surface area contributed by atoms with E-state index in [1.165, 1.54) is 4.88 Å². The molecule has 0 saturated carbocycles. The van der Waals surface area contributed by atoms with Crippen LogP contribution >= 0.6 is 11.3 Å². The third-order valence-electron chi connectivity index (χ3n) is 2.69. The number of thiazole rings is 1. The van der Waals surface area contributed by atoms with E-state index in [2.05, 4.69) is 4.98 Å². The summed E-state index contributed by atoms with van der Waals surface area (Å²) in [7, 11) is 0. The van der Waals surface area contributed by atoms with Gasteiger partial charge in [0.05, 0.1) is 17.8 Å². The van der Waals surface area contributed by atoms with Gasteiger partial charge in [0.1, 0.15) is 11.5 Å². The molecule has 0 aliphatic rings. The second-order valence-corrected chi connectivity index (χ2v) is 4.80. The van der Waals surface area contributed by atoms with Gasteiger partial charge < -0.3 is 9.84 Å². The lowest BCUT2D eigenvalue weighted by atomic mass is 10.2. The molecule has 0 aliphatic carbocycles. The number of hydrogen-bond acceptors (Lipinski definition) is 4. The quantitative estimate of drug-likeness (QED) is 0.905. The first-order valence-corrected chi connectivity index (χ1v) is 6.37. The van der Waals surface area contributed by atoms with Crippen LogP contribution < -0.4 is 4.74 Å². The molecule has 0 bridgehead atoms. The van der Waals surface area contributed by atoms with Gasteiger partial charge in [-0.1, -0.05) is 6.07 Å². The summed E-state index contributed by atoms with van der Waals surface area (Å²) in [5, 5.41) is 9.54. The Morgan fingerprint density at radius 1 is 1.35 bits per heavy atom. The lowest BCUT2D eigenvalue weighted by Crippen LogP contribution is -2.02. The molecule has 0 spiro atoms. The van der Waals surface area contributed by atoms with E-state index in [1.807, 2.05) is 25.4 Å². The highest BCUT2D eigenvalue weighted by Crippen LogP contribution is 2.26. The van der Waals surface area contributed by atoms with Crippen LogP contribution in [0.1, 0.15) is 16.1 Å². The summed E-state index contributed by atoms with van der Waals surface area (Å²) in [6.07, 6.45) is 0.853. The molecule has 0 atom stereocenters. The lowest BCUT2D eigenvalue weighted by Gasteiger charge is -2.09. The molecule has 2 aromatic rings. The monoisotopic (exact) mass is 249 g/mol. The molecule has 0 aliphatic heterocycles. The fraction of sp³-hybridized carbons (Fsp3) is 0.308. The third kappa shape index (κ3) is 2.77. The maximum atomic E-state index is 9.54. The molecule has 1 aromatic carbocycles. The standard InChI is InChI=1S/C13H15NO2S/c1-9-11(15)4-3-5-12(9)16-7-6-13-10(2)14-8-17-13/h3-5,8,15H,6-7H2,1-2H3. The molecule has 0 unspecified atom stereocenters. The molecule has 1 aromatic heterocycles. The third-order valence-corrected chi connectivity index (χ3v) is 3.68. The van der Waals surface area contributed by atoms with E-state index in [0.29, 0.717) is 6.61 Å². The van der Waals surface area contributed by atoms with Crippen LogP contribution in [0.3, 0.4) is 0 Å². The van der Waals surface area contributed by atoms with Gasteiger partial charge in [-0.2, -0.15) is 0 Å². The van der Waals surface area contributed by atoms with E-state index in [-0.39, 0.29) is 5.75 Å². The summed E-state index contributed by atoms with van der Waals surface area (Å²) < 4.78 is 5.66. The van der Waals surface area contributed by atoms with Crippen LogP contribution in [0.4, 0.5) is 0 Å². The Labute approximate surface area is 105 Å². The predicted octanol–water partition coefficient (Wildman–Crippen LogP) is 3.09. The maximum absolute atomic E-state index is 9.54. The number of phenols is 1. The van der Waals surface area contributed by atoms with Gasteiger partial charge in [0.15, 0.2) is 0 Å². The van der Waals surface area contributed by atoms with Crippen molar-refractivity contribution in [3.05, 3.63) is 39.8 Å². The van der Waals surface area contributed by atoms with Crippen LogP contribution in [-0.2, 0) is 6.42 Å². The molecule has 2 rings (SSSR count). The minimum atomic E-state index is 0.275. The topological polar surface area (TPSA) is 42.4 Å². The van der Waals surface area contributed by atoms with Crippen molar-refractivity contribution in [2.45, 2.75) is 20.3 Å². The molecule has 0 fully saturated rings. The number of nitrogens with zero attached hydrogens (tertiary/aromatic N) is 1. The van der Waals surface area contributed by atoms with Crippen LogP contribution in [0.15, 0.2) is 23.7 Å². The van der Waals surface area contributed by atoms with Gasteiger partial charge in [-0.15, -0.1) is 11.3 Å². The average Bonchev–Trinajstić information content (AvgIpc) is 2.71. The number of aromatic nitrogens is 1. The molecular formula is C13H15NO2S. The van der Waals surface area contributed by atoms with Gasteiger partial charge in [-0.3, -0.25) is 0 Å². The molecular weight excluding hydrogens is 234 g/mol. The summed E-state index contributed by atoms with van der Waals surface area (Å²) >= 11 is 1.65. The highest BCUT2D eigenvalue weighted by molar-refractivity contribution is 7.09. The first kappa shape index (κ1) is 11.9. The van der Waals surface area contributed by atoms with E-state index in [0.717, 1.165) is 23.4 Å². The second-order valence-electron chi connectivity index (χ2n) is 3.86. The molecule has 1 N–H and O–H groups in total. The molecule has 3 nitrogen and oxygen atoms in total. The summed E-state index contributed by atoms with van der Waals surface area (Å²) in [5.74, 6) is 1.02. The van der Waals surface area contributed by atoms with Crippen molar-refractivity contribution in [3.63, 3.8) is 0 Å². The molecule has 4 heteroatoms. The van der Waals surface area contributed by atoms with Gasteiger partial charge in [-0.05, 0) is 26.0 Å². The van der Waals surface area contributed by atoms with E-state index >= 15 is 0 Å². The Morgan fingerprint density at radius 2 is 2.18 bits per heavy atom. The van der Waals surface area contributed by atoms with Gasteiger partial charge in [-0.25, -0.2) is 4.98 Å². The number of ether oxygens (including phenoxy) is 1. The van der Waals surface area contributed by atoms with Crippen LogP contribution in [-0.4, -0.2) is 16.7 Å². The zero-order valence-corrected chi connectivity index (χ0v) is 10.8. The molecule has 0 saturated heterocycles. The number of aromatic hydroxyl groups is 1. The molecule has 0 radical (unpaired) electrons. The highest BCUT2D eigenvalue weighted by atomic mass is 32.1. The van der Waals surface area contributed by atoms with Crippen molar-refractivity contribution in [1.82, 2.24) is 4.98 Å². The first-order chi connectivity index (χ1) is 8.18. The first-order valence-electron chi connectivity index (χ1n) is 5.49. The molecule has 17 heavy (non-hydrogen) atoms. The summed E-state index contributed by atoms with van der Waals surface area (Å²) in [5.41, 5.74) is 3.71. The number of benzene rings is 1. The Balaban J connectivity index is 1.95. The number of phenolic OH excluding ortho intramolecular Hbond substituents is 1. The summed E-state index contributed by atoms with van der Waals surface area (Å²) in [6.45, 7) is 4.46. The average molecular weight is 249 g/mol. The van der Waals surface area contributed by atoms with Crippen molar-refractivity contribution in [1.29, 1.82) is 0 Å². The van der Waals surface area contributed by atoms with Gasteiger partial charge >= 0.3 is 0 Å². The van der Waals surface area contributed by atoms with Gasteiger partial charge in [0.25, 0.3) is 0 Å². The predicted molar refractivity (Wildman–Crippen MR) is 68.9 cm³/mol. The minimum absolute atomic E-state index is 0.275. The highest BCUT2D eigenvalue weighted by Gasteiger charge is 2.05. The second kappa shape index (κ2) is 5.19. The van der Waals surface area contributed by atoms with Crippen molar-refractivity contribution in [2.24, 2.45) is 0 Å². The van der Waals surface area contributed by atoms with Crippen molar-refractivity contribution >= 4 is 11.3 Å². The number of rotatable bonds is 4. The SMILES string of the molecule is Cc1ncsc1CCOc1cccc(O)c1C. The van der Waals surface area contributed by atoms with E-state index in [9.17, 15) is 5.11 Å². The zero-order valence-electron chi connectivity index (χ0n) is 9.93. The van der Waals surface area contributed by atoms with Crippen LogP contribution in [0, 0.1) is 13.8 Å². The Bertz CT molecular complexity index is 508. The maximum Gasteiger partial charge on any atom is 0.125 e. The number of hydrogen-bond donors (Lipinski definition) is 1. The molecule has 0 amide bonds. The zero-order chi connectivity index (χ0) is 12.3.